The van der Waals surface area contributed by atoms with E-state index in [2.05, 4.69) is 43.6 Å². The molecule has 0 aliphatic carbocycles. The quantitative estimate of drug-likeness (QED) is 0.602. The SMILES string of the molecule is CCC(C)C(C)(C)CBr. The summed E-state index contributed by atoms with van der Waals surface area (Å²) in [6.45, 7) is 9.15. The number of hydrogen-bond donors (Lipinski definition) is 0. The van der Waals surface area contributed by atoms with Gasteiger partial charge >= 0.3 is 0 Å². The third-order valence-electron chi connectivity index (χ3n) is 2.29. The minimum Gasteiger partial charge on any atom is -0.0922 e. The molecule has 0 fully saturated rings. The lowest BCUT2D eigenvalue weighted by molar-refractivity contribution is 0.264. The molecule has 1 unspecified atom stereocenters. The Morgan fingerprint density at radius 1 is 1.44 bits per heavy atom. The first-order valence-corrected chi connectivity index (χ1v) is 4.72. The summed E-state index contributed by atoms with van der Waals surface area (Å²) in [7, 11) is 0. The van der Waals surface area contributed by atoms with Gasteiger partial charge in [0, 0.05) is 5.33 Å². The monoisotopic (exact) mass is 192 g/mol. The van der Waals surface area contributed by atoms with Crippen molar-refractivity contribution in [2.75, 3.05) is 5.33 Å². The fourth-order valence-corrected chi connectivity index (χ4v) is 1.24. The summed E-state index contributed by atoms with van der Waals surface area (Å²) in [6, 6.07) is 0. The zero-order valence-corrected chi connectivity index (χ0v) is 8.46. The normalized spacial score (nSPS) is 15.7. The highest BCUT2D eigenvalue weighted by atomic mass is 79.9. The third kappa shape index (κ3) is 2.70. The average molecular weight is 193 g/mol. The number of rotatable bonds is 3. The Kier molecular flexibility index (Phi) is 3.79. The van der Waals surface area contributed by atoms with Gasteiger partial charge in [0.25, 0.3) is 0 Å². The maximum absolute atomic E-state index is 3.51. The molecule has 0 amide bonds. The highest BCUT2D eigenvalue weighted by Gasteiger charge is 2.22. The van der Waals surface area contributed by atoms with Crippen LogP contribution >= 0.6 is 15.9 Å². The molecule has 0 rings (SSSR count). The van der Waals surface area contributed by atoms with Gasteiger partial charge in [-0.15, -0.1) is 0 Å². The minimum atomic E-state index is 0.467. The van der Waals surface area contributed by atoms with Crippen LogP contribution in [0.25, 0.3) is 0 Å². The minimum absolute atomic E-state index is 0.467. The molecule has 0 radical (unpaired) electrons. The molecule has 0 nitrogen and oxygen atoms in total. The van der Waals surface area contributed by atoms with Crippen LogP contribution in [0.3, 0.4) is 0 Å². The molecule has 0 aromatic heterocycles. The molecule has 0 aromatic carbocycles. The molecule has 0 spiro atoms. The van der Waals surface area contributed by atoms with Crippen LogP contribution in [0.2, 0.25) is 0 Å². The third-order valence-corrected chi connectivity index (χ3v) is 3.74. The zero-order chi connectivity index (χ0) is 7.49. The van der Waals surface area contributed by atoms with Gasteiger partial charge < -0.3 is 0 Å². The van der Waals surface area contributed by atoms with E-state index in [1.165, 1.54) is 6.42 Å². The molecule has 0 aromatic rings. The number of hydrogen-bond acceptors (Lipinski definition) is 0. The van der Waals surface area contributed by atoms with Crippen molar-refractivity contribution in [2.24, 2.45) is 11.3 Å². The summed E-state index contributed by atoms with van der Waals surface area (Å²) in [4.78, 5) is 0. The maximum Gasteiger partial charge on any atom is 0.00852 e. The van der Waals surface area contributed by atoms with E-state index in [9.17, 15) is 0 Å². The van der Waals surface area contributed by atoms with Crippen molar-refractivity contribution >= 4 is 15.9 Å². The molecule has 0 heterocycles. The standard InChI is InChI=1S/C8H17Br/c1-5-7(2)8(3,4)6-9/h7H,5-6H2,1-4H3. The van der Waals surface area contributed by atoms with Crippen molar-refractivity contribution in [3.63, 3.8) is 0 Å². The van der Waals surface area contributed by atoms with Gasteiger partial charge in [-0.1, -0.05) is 50.0 Å². The maximum atomic E-state index is 3.51. The first-order valence-electron chi connectivity index (χ1n) is 3.60. The molecular weight excluding hydrogens is 176 g/mol. The Balaban J connectivity index is 3.80. The fourth-order valence-electron chi connectivity index (χ4n) is 0.684. The van der Waals surface area contributed by atoms with E-state index in [0.717, 1.165) is 11.2 Å². The van der Waals surface area contributed by atoms with Gasteiger partial charge in [-0.25, -0.2) is 0 Å². The van der Waals surface area contributed by atoms with Gasteiger partial charge in [0.05, 0.1) is 0 Å². The Hall–Kier alpha value is 0.480. The van der Waals surface area contributed by atoms with Crippen LogP contribution in [0.4, 0.5) is 0 Å². The van der Waals surface area contributed by atoms with Crippen LogP contribution in [-0.2, 0) is 0 Å². The first kappa shape index (κ1) is 9.48. The molecule has 0 aliphatic heterocycles. The molecule has 9 heavy (non-hydrogen) atoms. The molecule has 0 saturated heterocycles. The summed E-state index contributed by atoms with van der Waals surface area (Å²) in [5.74, 6) is 0.817. The van der Waals surface area contributed by atoms with Crippen molar-refractivity contribution in [1.29, 1.82) is 0 Å². The van der Waals surface area contributed by atoms with Crippen LogP contribution in [0.1, 0.15) is 34.1 Å². The molecule has 0 bridgehead atoms. The Labute approximate surface area is 67.2 Å². The van der Waals surface area contributed by atoms with Crippen molar-refractivity contribution in [3.05, 3.63) is 0 Å². The predicted octanol–water partition coefficient (Wildman–Crippen LogP) is 3.45. The average Bonchev–Trinajstić information content (AvgIpc) is 1.86. The Bertz CT molecular complexity index is 76.6. The van der Waals surface area contributed by atoms with Crippen molar-refractivity contribution < 1.29 is 0 Å². The summed E-state index contributed by atoms with van der Waals surface area (Å²) in [5, 5.41) is 1.11. The molecular formula is C8H17Br. The van der Waals surface area contributed by atoms with E-state index in [4.69, 9.17) is 0 Å². The van der Waals surface area contributed by atoms with Crippen molar-refractivity contribution in [2.45, 2.75) is 34.1 Å². The van der Waals surface area contributed by atoms with E-state index in [1.807, 2.05) is 0 Å². The van der Waals surface area contributed by atoms with Crippen LogP contribution in [0, 0.1) is 11.3 Å². The first-order chi connectivity index (χ1) is 4.04. The molecule has 0 N–H and O–H groups in total. The lowest BCUT2D eigenvalue weighted by atomic mass is 9.81. The largest absolute Gasteiger partial charge is 0.0922 e. The lowest BCUT2D eigenvalue weighted by Gasteiger charge is -2.28. The number of alkyl halides is 1. The van der Waals surface area contributed by atoms with Crippen LogP contribution < -0.4 is 0 Å². The van der Waals surface area contributed by atoms with Crippen LogP contribution in [0.5, 0.6) is 0 Å². The number of halogens is 1. The molecule has 1 heteroatoms. The topological polar surface area (TPSA) is 0 Å². The summed E-state index contributed by atoms with van der Waals surface area (Å²) in [6.07, 6.45) is 1.28. The van der Waals surface area contributed by atoms with Crippen molar-refractivity contribution in [1.82, 2.24) is 0 Å². The van der Waals surface area contributed by atoms with E-state index in [-0.39, 0.29) is 0 Å². The molecule has 1 atom stereocenters. The Morgan fingerprint density at radius 3 is 2.00 bits per heavy atom. The molecule has 0 saturated carbocycles. The van der Waals surface area contributed by atoms with Gasteiger partial charge in [0.2, 0.25) is 0 Å². The molecule has 0 aliphatic rings. The molecule has 56 valence electrons. The van der Waals surface area contributed by atoms with Gasteiger partial charge in [-0.05, 0) is 11.3 Å². The van der Waals surface area contributed by atoms with E-state index < -0.39 is 0 Å². The zero-order valence-electron chi connectivity index (χ0n) is 6.87. The highest BCUT2D eigenvalue weighted by molar-refractivity contribution is 9.09. The second-order valence-corrected chi connectivity index (χ2v) is 3.99. The summed E-state index contributed by atoms with van der Waals surface area (Å²) >= 11 is 3.51. The van der Waals surface area contributed by atoms with Crippen LogP contribution in [0.15, 0.2) is 0 Å². The summed E-state index contributed by atoms with van der Waals surface area (Å²) in [5.41, 5.74) is 0.467. The fraction of sp³-hybridized carbons (Fsp3) is 1.00. The smallest absolute Gasteiger partial charge is 0.00852 e. The Morgan fingerprint density at radius 2 is 1.89 bits per heavy atom. The van der Waals surface area contributed by atoms with E-state index in [0.29, 0.717) is 5.41 Å². The van der Waals surface area contributed by atoms with Gasteiger partial charge in [-0.3, -0.25) is 0 Å². The van der Waals surface area contributed by atoms with E-state index >= 15 is 0 Å². The second-order valence-electron chi connectivity index (χ2n) is 3.43. The van der Waals surface area contributed by atoms with Crippen LogP contribution in [-0.4, -0.2) is 5.33 Å². The highest BCUT2D eigenvalue weighted by Crippen LogP contribution is 2.30. The summed E-state index contributed by atoms with van der Waals surface area (Å²) < 4.78 is 0. The van der Waals surface area contributed by atoms with Crippen molar-refractivity contribution in [3.8, 4) is 0 Å². The van der Waals surface area contributed by atoms with Gasteiger partial charge in [0.1, 0.15) is 0 Å². The predicted molar refractivity (Wildman–Crippen MR) is 47.0 cm³/mol. The van der Waals surface area contributed by atoms with Gasteiger partial charge in [-0.2, -0.15) is 0 Å². The van der Waals surface area contributed by atoms with E-state index in [1.54, 1.807) is 0 Å². The second kappa shape index (κ2) is 3.60. The lowest BCUT2D eigenvalue weighted by Crippen LogP contribution is -2.22. The van der Waals surface area contributed by atoms with Gasteiger partial charge in [0.15, 0.2) is 0 Å².